The summed E-state index contributed by atoms with van der Waals surface area (Å²) in [5.74, 6) is -3.14. The van der Waals surface area contributed by atoms with Crippen molar-refractivity contribution < 1.29 is 19.7 Å². The van der Waals surface area contributed by atoms with E-state index in [1.54, 1.807) is 0 Å². The number of carbonyl (C=O) groups is 1. The summed E-state index contributed by atoms with van der Waals surface area (Å²) in [6.45, 7) is 2.22. The zero-order valence-electron chi connectivity index (χ0n) is 11.4. The fourth-order valence-electron chi connectivity index (χ4n) is 2.27. The van der Waals surface area contributed by atoms with Gasteiger partial charge in [0.05, 0.1) is 0 Å². The molecule has 4 nitrogen and oxygen atoms in total. The van der Waals surface area contributed by atoms with E-state index in [4.69, 9.17) is 9.84 Å². The Hall–Kier alpha value is -0.610. The van der Waals surface area contributed by atoms with E-state index in [-0.39, 0.29) is 0 Å². The van der Waals surface area contributed by atoms with E-state index < -0.39 is 17.9 Å². The van der Waals surface area contributed by atoms with Crippen molar-refractivity contribution in [3.8, 4) is 0 Å². The summed E-state index contributed by atoms with van der Waals surface area (Å²) in [5.41, 5.74) is 0. The van der Waals surface area contributed by atoms with Gasteiger partial charge in [-0.15, -0.1) is 0 Å². The van der Waals surface area contributed by atoms with Crippen LogP contribution in [-0.2, 0) is 9.53 Å². The van der Waals surface area contributed by atoms with Crippen LogP contribution in [-0.4, -0.2) is 28.1 Å². The highest BCUT2D eigenvalue weighted by Crippen LogP contribution is 2.37. The molecule has 0 aromatic heterocycles. The van der Waals surface area contributed by atoms with E-state index in [1.165, 1.54) is 44.9 Å². The minimum atomic E-state index is -1.87. The third kappa shape index (κ3) is 4.94. The first kappa shape index (κ1) is 15.4. The maximum absolute atomic E-state index is 10.6. The second-order valence-electron chi connectivity index (χ2n) is 5.23. The molecule has 0 aromatic rings. The van der Waals surface area contributed by atoms with Crippen molar-refractivity contribution >= 4 is 5.97 Å². The molecule has 0 bridgehead atoms. The number of carboxylic acid groups (broad SMARTS) is 1. The Balaban J connectivity index is 1.84. The molecule has 2 unspecified atom stereocenters. The Labute approximate surface area is 109 Å². The summed E-state index contributed by atoms with van der Waals surface area (Å²) in [5, 5.41) is 18.0. The van der Waals surface area contributed by atoms with Gasteiger partial charge in [-0.2, -0.15) is 0 Å². The van der Waals surface area contributed by atoms with Gasteiger partial charge in [0.25, 0.3) is 5.79 Å². The van der Waals surface area contributed by atoms with Crippen molar-refractivity contribution in [1.82, 2.24) is 0 Å². The molecule has 2 atom stereocenters. The van der Waals surface area contributed by atoms with Crippen LogP contribution in [0.25, 0.3) is 0 Å². The minimum Gasteiger partial charge on any atom is -0.477 e. The third-order valence-corrected chi connectivity index (χ3v) is 3.58. The van der Waals surface area contributed by atoms with Crippen molar-refractivity contribution in [1.29, 1.82) is 0 Å². The lowest BCUT2D eigenvalue weighted by atomic mass is 10.0. The first-order chi connectivity index (χ1) is 8.61. The molecule has 0 saturated carbocycles. The average Bonchev–Trinajstić information content (AvgIpc) is 3.00. The summed E-state index contributed by atoms with van der Waals surface area (Å²) < 4.78 is 4.79. The molecule has 0 aliphatic carbocycles. The van der Waals surface area contributed by atoms with Crippen molar-refractivity contribution in [3.63, 3.8) is 0 Å². The second kappa shape index (κ2) is 7.74. The van der Waals surface area contributed by atoms with Gasteiger partial charge in [0.15, 0.2) is 0 Å². The molecule has 1 aliphatic heterocycles. The summed E-state index contributed by atoms with van der Waals surface area (Å²) >= 11 is 0. The summed E-state index contributed by atoms with van der Waals surface area (Å²) in [6.07, 6.45) is 11.3. The van der Waals surface area contributed by atoms with Crippen molar-refractivity contribution in [2.45, 2.75) is 83.0 Å². The number of hydrogen-bond acceptors (Lipinski definition) is 3. The number of aliphatic carboxylic acids is 1. The number of unbranched alkanes of at least 4 members (excludes halogenated alkanes) is 8. The molecule has 2 N–H and O–H groups in total. The third-order valence-electron chi connectivity index (χ3n) is 3.58. The molecule has 1 fully saturated rings. The van der Waals surface area contributed by atoms with Gasteiger partial charge in [-0.25, -0.2) is 4.79 Å². The normalized spacial score (nSPS) is 26.2. The SMILES string of the molecule is CCCCCCCCCCCC1OC1(O)C(=O)O. The molecular formula is C14H26O4. The number of epoxide rings is 1. The standard InChI is InChI=1S/C14H26O4/c1-2-3-4-5-6-7-8-9-10-11-12-14(17,18-12)13(15)16/h12,17H,2-11H2,1H3,(H,15,16). The maximum atomic E-state index is 10.6. The Kier molecular flexibility index (Phi) is 6.65. The summed E-state index contributed by atoms with van der Waals surface area (Å²) in [6, 6.07) is 0. The minimum absolute atomic E-state index is 0.487. The van der Waals surface area contributed by atoms with Crippen LogP contribution in [0.3, 0.4) is 0 Å². The van der Waals surface area contributed by atoms with Crippen LogP contribution >= 0.6 is 0 Å². The summed E-state index contributed by atoms with van der Waals surface area (Å²) in [7, 11) is 0. The zero-order chi connectivity index (χ0) is 13.4. The van der Waals surface area contributed by atoms with E-state index >= 15 is 0 Å². The Morgan fingerprint density at radius 3 is 2.00 bits per heavy atom. The predicted octanol–water partition coefficient (Wildman–Crippen LogP) is 3.08. The maximum Gasteiger partial charge on any atom is 0.367 e. The molecule has 1 rings (SSSR count). The fraction of sp³-hybridized carbons (Fsp3) is 0.929. The number of rotatable bonds is 11. The van der Waals surface area contributed by atoms with Gasteiger partial charge in [0, 0.05) is 0 Å². The molecule has 0 radical (unpaired) electrons. The predicted molar refractivity (Wildman–Crippen MR) is 69.3 cm³/mol. The highest BCUT2D eigenvalue weighted by atomic mass is 16.8. The van der Waals surface area contributed by atoms with Gasteiger partial charge in [-0.1, -0.05) is 64.7 Å². The van der Waals surface area contributed by atoms with Gasteiger partial charge in [-0.05, 0) is 6.42 Å². The lowest BCUT2D eigenvalue weighted by Crippen LogP contribution is -2.26. The molecule has 1 aliphatic rings. The highest BCUT2D eigenvalue weighted by Gasteiger charge is 2.61. The molecule has 0 amide bonds. The fourth-order valence-corrected chi connectivity index (χ4v) is 2.27. The van der Waals surface area contributed by atoms with Crippen molar-refractivity contribution in [2.75, 3.05) is 0 Å². The van der Waals surface area contributed by atoms with E-state index in [0.717, 1.165) is 12.8 Å². The topological polar surface area (TPSA) is 70.1 Å². The quantitative estimate of drug-likeness (QED) is 0.441. The van der Waals surface area contributed by atoms with Gasteiger partial charge in [0.2, 0.25) is 0 Å². The van der Waals surface area contributed by atoms with Gasteiger partial charge < -0.3 is 14.9 Å². The molecule has 106 valence electrons. The molecule has 18 heavy (non-hydrogen) atoms. The number of carboxylic acids is 1. The van der Waals surface area contributed by atoms with Crippen LogP contribution in [0, 0.1) is 0 Å². The first-order valence-corrected chi connectivity index (χ1v) is 7.25. The molecule has 4 heteroatoms. The number of ether oxygens (including phenoxy) is 1. The molecule has 1 saturated heterocycles. The van der Waals surface area contributed by atoms with Crippen LogP contribution in [0.4, 0.5) is 0 Å². The van der Waals surface area contributed by atoms with Crippen LogP contribution < -0.4 is 0 Å². The van der Waals surface area contributed by atoms with E-state index in [2.05, 4.69) is 6.92 Å². The largest absolute Gasteiger partial charge is 0.477 e. The zero-order valence-corrected chi connectivity index (χ0v) is 11.4. The number of hydrogen-bond donors (Lipinski definition) is 2. The molecule has 0 spiro atoms. The molecule has 0 aromatic carbocycles. The van der Waals surface area contributed by atoms with Crippen LogP contribution in [0.5, 0.6) is 0 Å². The van der Waals surface area contributed by atoms with Gasteiger partial charge >= 0.3 is 5.97 Å². The monoisotopic (exact) mass is 258 g/mol. The molecular weight excluding hydrogens is 232 g/mol. The lowest BCUT2D eigenvalue weighted by molar-refractivity contribution is -0.157. The van der Waals surface area contributed by atoms with E-state index in [1.807, 2.05) is 0 Å². The lowest BCUT2D eigenvalue weighted by Gasteiger charge is -2.01. The Morgan fingerprint density at radius 1 is 1.06 bits per heavy atom. The molecule has 1 heterocycles. The van der Waals surface area contributed by atoms with Crippen LogP contribution in [0.15, 0.2) is 0 Å². The number of aliphatic hydroxyl groups is 1. The highest BCUT2D eigenvalue weighted by molar-refractivity contribution is 5.78. The van der Waals surface area contributed by atoms with Gasteiger partial charge in [-0.3, -0.25) is 0 Å². The average molecular weight is 258 g/mol. The first-order valence-electron chi connectivity index (χ1n) is 7.25. The van der Waals surface area contributed by atoms with Gasteiger partial charge in [0.1, 0.15) is 6.10 Å². The van der Waals surface area contributed by atoms with Crippen LogP contribution in [0.1, 0.15) is 71.1 Å². The van der Waals surface area contributed by atoms with Crippen LogP contribution in [0.2, 0.25) is 0 Å². The Bertz CT molecular complexity index is 254. The second-order valence-corrected chi connectivity index (χ2v) is 5.23. The van der Waals surface area contributed by atoms with E-state index in [9.17, 15) is 9.90 Å². The van der Waals surface area contributed by atoms with E-state index in [0.29, 0.717) is 6.42 Å². The summed E-state index contributed by atoms with van der Waals surface area (Å²) in [4.78, 5) is 10.6. The van der Waals surface area contributed by atoms with Crippen molar-refractivity contribution in [2.24, 2.45) is 0 Å². The smallest absolute Gasteiger partial charge is 0.367 e. The van der Waals surface area contributed by atoms with Crippen molar-refractivity contribution in [3.05, 3.63) is 0 Å². The Morgan fingerprint density at radius 2 is 1.56 bits per heavy atom.